The molecule has 0 aliphatic heterocycles. The van der Waals surface area contributed by atoms with Crippen LogP contribution in [0.5, 0.6) is 0 Å². The second-order valence-corrected chi connectivity index (χ2v) is 4.70. The minimum absolute atomic E-state index is 0. The van der Waals surface area contributed by atoms with Gasteiger partial charge in [-0.1, -0.05) is 31.2 Å². The zero-order valence-corrected chi connectivity index (χ0v) is 11.4. The van der Waals surface area contributed by atoms with E-state index in [0.717, 1.165) is 25.8 Å². The van der Waals surface area contributed by atoms with Gasteiger partial charge in [0.25, 0.3) is 0 Å². The molecule has 1 fully saturated rings. The van der Waals surface area contributed by atoms with Crippen molar-refractivity contribution in [2.75, 3.05) is 6.54 Å². The van der Waals surface area contributed by atoms with E-state index in [9.17, 15) is 4.79 Å². The number of carboxylic acids is 1. The van der Waals surface area contributed by atoms with Crippen molar-refractivity contribution in [3.63, 3.8) is 0 Å². The average molecular weight is 270 g/mol. The lowest BCUT2D eigenvalue weighted by atomic mass is 10.1. The zero-order chi connectivity index (χ0) is 12.3. The van der Waals surface area contributed by atoms with Gasteiger partial charge >= 0.3 is 5.97 Å². The molecule has 0 unspecified atom stereocenters. The number of rotatable bonds is 6. The van der Waals surface area contributed by atoms with E-state index in [4.69, 9.17) is 5.11 Å². The lowest BCUT2D eigenvalue weighted by Crippen LogP contribution is -2.31. The second kappa shape index (κ2) is 6.76. The predicted molar refractivity (Wildman–Crippen MR) is 74.1 cm³/mol. The fourth-order valence-corrected chi connectivity index (χ4v) is 2.04. The molecule has 1 aromatic rings. The summed E-state index contributed by atoms with van der Waals surface area (Å²) in [5, 5.41) is 8.88. The lowest BCUT2D eigenvalue weighted by molar-refractivity contribution is -0.138. The van der Waals surface area contributed by atoms with Gasteiger partial charge in [-0.15, -0.1) is 12.4 Å². The highest BCUT2D eigenvalue weighted by Crippen LogP contribution is 2.28. The van der Waals surface area contributed by atoms with E-state index in [1.54, 1.807) is 0 Å². The third kappa shape index (κ3) is 4.31. The predicted octanol–water partition coefficient (Wildman–Crippen LogP) is 2.72. The van der Waals surface area contributed by atoms with E-state index in [1.165, 1.54) is 11.1 Å². The van der Waals surface area contributed by atoms with Gasteiger partial charge in [0.05, 0.1) is 6.54 Å². The molecule has 1 saturated carbocycles. The van der Waals surface area contributed by atoms with Gasteiger partial charge in [-0.05, 0) is 30.4 Å². The van der Waals surface area contributed by atoms with E-state index in [2.05, 4.69) is 36.1 Å². The topological polar surface area (TPSA) is 40.5 Å². The van der Waals surface area contributed by atoms with E-state index in [1.807, 2.05) is 0 Å². The normalized spacial score (nSPS) is 14.3. The summed E-state index contributed by atoms with van der Waals surface area (Å²) in [4.78, 5) is 12.8. The minimum Gasteiger partial charge on any atom is -0.480 e. The Morgan fingerprint density at radius 1 is 1.28 bits per heavy atom. The molecule has 0 spiro atoms. The third-order valence-corrected chi connectivity index (χ3v) is 3.22. The molecule has 0 radical (unpaired) electrons. The van der Waals surface area contributed by atoms with Gasteiger partial charge in [-0.3, -0.25) is 9.69 Å². The van der Waals surface area contributed by atoms with Crippen molar-refractivity contribution >= 4 is 18.4 Å². The highest BCUT2D eigenvalue weighted by molar-refractivity contribution is 5.85. The van der Waals surface area contributed by atoms with Crippen LogP contribution in [0.3, 0.4) is 0 Å². The van der Waals surface area contributed by atoms with Crippen LogP contribution in [-0.2, 0) is 17.8 Å². The molecule has 1 aromatic carbocycles. The summed E-state index contributed by atoms with van der Waals surface area (Å²) in [5.74, 6) is -0.734. The Morgan fingerprint density at radius 3 is 2.28 bits per heavy atom. The summed E-state index contributed by atoms with van der Waals surface area (Å²) in [6, 6.07) is 8.95. The Kier molecular flexibility index (Phi) is 5.63. The van der Waals surface area contributed by atoms with Crippen LogP contribution >= 0.6 is 12.4 Å². The number of benzene rings is 1. The summed E-state index contributed by atoms with van der Waals surface area (Å²) >= 11 is 0. The summed E-state index contributed by atoms with van der Waals surface area (Å²) < 4.78 is 0. The Bertz CT molecular complexity index is 387. The molecule has 0 aromatic heterocycles. The first-order valence-electron chi connectivity index (χ1n) is 6.22. The lowest BCUT2D eigenvalue weighted by Gasteiger charge is -2.19. The maximum Gasteiger partial charge on any atom is 0.317 e. The van der Waals surface area contributed by atoms with Crippen LogP contribution in [-0.4, -0.2) is 28.6 Å². The molecule has 0 saturated heterocycles. The van der Waals surface area contributed by atoms with Crippen molar-refractivity contribution in [2.45, 2.75) is 38.8 Å². The van der Waals surface area contributed by atoms with Crippen molar-refractivity contribution in [2.24, 2.45) is 0 Å². The van der Waals surface area contributed by atoms with Gasteiger partial charge in [0.1, 0.15) is 0 Å². The van der Waals surface area contributed by atoms with Crippen molar-refractivity contribution in [1.29, 1.82) is 0 Å². The maximum absolute atomic E-state index is 10.8. The Morgan fingerprint density at radius 2 is 1.83 bits per heavy atom. The summed E-state index contributed by atoms with van der Waals surface area (Å²) in [6.07, 6.45) is 3.32. The van der Waals surface area contributed by atoms with Gasteiger partial charge in [0.2, 0.25) is 0 Å². The summed E-state index contributed by atoms with van der Waals surface area (Å²) in [6.45, 7) is 3.04. The van der Waals surface area contributed by atoms with Gasteiger partial charge in [0.15, 0.2) is 0 Å². The quantitative estimate of drug-likeness (QED) is 0.863. The van der Waals surface area contributed by atoms with E-state index >= 15 is 0 Å². The molecular weight excluding hydrogens is 250 g/mol. The number of aryl methyl sites for hydroxylation is 1. The molecule has 4 heteroatoms. The standard InChI is InChI=1S/C14H19NO2.ClH/c1-2-11-3-5-12(6-4-11)9-15(10-14(16)17)13-7-8-13;/h3-6,13H,2,7-10H2,1H3,(H,16,17);1H. The van der Waals surface area contributed by atoms with Crippen LogP contribution in [0.1, 0.15) is 30.9 Å². The van der Waals surface area contributed by atoms with Crippen LogP contribution < -0.4 is 0 Å². The monoisotopic (exact) mass is 269 g/mol. The SMILES string of the molecule is CCc1ccc(CN(CC(=O)O)C2CC2)cc1.Cl. The summed E-state index contributed by atoms with van der Waals surface area (Å²) in [7, 11) is 0. The van der Waals surface area contributed by atoms with Gasteiger partial charge in [-0.25, -0.2) is 0 Å². The van der Waals surface area contributed by atoms with Crippen LogP contribution in [0.15, 0.2) is 24.3 Å². The molecule has 1 aliphatic rings. The first-order chi connectivity index (χ1) is 8.19. The van der Waals surface area contributed by atoms with Gasteiger partial charge in [-0.2, -0.15) is 0 Å². The number of aliphatic carboxylic acids is 1. The number of hydrogen-bond acceptors (Lipinski definition) is 2. The fraction of sp³-hybridized carbons (Fsp3) is 0.500. The first kappa shape index (κ1) is 15.0. The molecule has 3 nitrogen and oxygen atoms in total. The molecular formula is C14H20ClNO2. The second-order valence-electron chi connectivity index (χ2n) is 4.70. The van der Waals surface area contributed by atoms with Crippen molar-refractivity contribution in [1.82, 2.24) is 4.90 Å². The molecule has 18 heavy (non-hydrogen) atoms. The number of carbonyl (C=O) groups is 1. The molecule has 0 heterocycles. The number of nitrogens with zero attached hydrogens (tertiary/aromatic N) is 1. The van der Waals surface area contributed by atoms with Crippen molar-refractivity contribution < 1.29 is 9.90 Å². The molecule has 100 valence electrons. The number of hydrogen-bond donors (Lipinski definition) is 1. The van der Waals surface area contributed by atoms with Crippen LogP contribution in [0.25, 0.3) is 0 Å². The highest BCUT2D eigenvalue weighted by atomic mass is 35.5. The van der Waals surface area contributed by atoms with Crippen LogP contribution in [0.2, 0.25) is 0 Å². The smallest absolute Gasteiger partial charge is 0.317 e. The van der Waals surface area contributed by atoms with E-state index < -0.39 is 5.97 Å². The Balaban J connectivity index is 0.00000162. The third-order valence-electron chi connectivity index (χ3n) is 3.22. The fourth-order valence-electron chi connectivity index (χ4n) is 2.04. The zero-order valence-electron chi connectivity index (χ0n) is 10.6. The number of carboxylic acid groups (broad SMARTS) is 1. The highest BCUT2D eigenvalue weighted by Gasteiger charge is 2.30. The summed E-state index contributed by atoms with van der Waals surface area (Å²) in [5.41, 5.74) is 2.53. The van der Waals surface area contributed by atoms with Crippen molar-refractivity contribution in [3.8, 4) is 0 Å². The van der Waals surface area contributed by atoms with Gasteiger partial charge in [0, 0.05) is 12.6 Å². The van der Waals surface area contributed by atoms with E-state index in [-0.39, 0.29) is 19.0 Å². The van der Waals surface area contributed by atoms with E-state index in [0.29, 0.717) is 6.04 Å². The number of halogens is 1. The first-order valence-corrected chi connectivity index (χ1v) is 6.22. The molecule has 0 amide bonds. The largest absolute Gasteiger partial charge is 0.480 e. The Hall–Kier alpha value is -1.06. The minimum atomic E-state index is -0.734. The van der Waals surface area contributed by atoms with Crippen molar-refractivity contribution in [3.05, 3.63) is 35.4 Å². The molecule has 1 aliphatic carbocycles. The van der Waals surface area contributed by atoms with Crippen LogP contribution in [0, 0.1) is 0 Å². The molecule has 0 bridgehead atoms. The average Bonchev–Trinajstić information content (AvgIpc) is 3.12. The van der Waals surface area contributed by atoms with Crippen LogP contribution in [0.4, 0.5) is 0 Å². The maximum atomic E-state index is 10.8. The molecule has 1 N–H and O–H groups in total. The Labute approximate surface area is 114 Å². The van der Waals surface area contributed by atoms with Gasteiger partial charge < -0.3 is 5.11 Å². The molecule has 2 rings (SSSR count). The molecule has 0 atom stereocenters.